The predicted molar refractivity (Wildman–Crippen MR) is 105 cm³/mol. The lowest BCUT2D eigenvalue weighted by Gasteiger charge is -2.11. The fourth-order valence-electron chi connectivity index (χ4n) is 3.10. The highest BCUT2D eigenvalue weighted by Crippen LogP contribution is 2.32. The molecule has 1 aromatic heterocycles. The van der Waals surface area contributed by atoms with Crippen molar-refractivity contribution >= 4 is 22.6 Å². The zero-order chi connectivity index (χ0) is 19.7. The van der Waals surface area contributed by atoms with E-state index in [4.69, 9.17) is 4.74 Å². The van der Waals surface area contributed by atoms with Gasteiger partial charge in [0.1, 0.15) is 5.75 Å². The Morgan fingerprint density at radius 1 is 1.00 bits per heavy atom. The molecular weight excluding hydrogens is 358 g/mol. The first-order chi connectivity index (χ1) is 13.6. The maximum Gasteiger partial charge on any atom is 0.269 e. The monoisotopic (exact) mass is 373 g/mol. The number of benzene rings is 3. The number of aromatic nitrogens is 2. The van der Waals surface area contributed by atoms with Crippen LogP contribution in [0.1, 0.15) is 10.4 Å². The molecule has 0 N–H and O–H groups in total. The first-order valence-electron chi connectivity index (χ1n) is 8.50. The summed E-state index contributed by atoms with van der Waals surface area (Å²) in [5, 5.41) is 10.9. The number of para-hydroxylation sites is 3. The van der Waals surface area contributed by atoms with Crippen LogP contribution in [-0.4, -0.2) is 27.5 Å². The molecule has 0 unspecified atom stereocenters. The van der Waals surface area contributed by atoms with Gasteiger partial charge in [-0.15, -0.1) is 0 Å². The number of hydrogen-bond acceptors (Lipinski definition) is 5. The molecule has 0 fully saturated rings. The van der Waals surface area contributed by atoms with Gasteiger partial charge in [0.05, 0.1) is 28.6 Å². The fourth-order valence-corrected chi connectivity index (χ4v) is 3.10. The number of rotatable bonds is 4. The van der Waals surface area contributed by atoms with Crippen molar-refractivity contribution < 1.29 is 14.5 Å². The largest absolute Gasteiger partial charge is 0.496 e. The van der Waals surface area contributed by atoms with Crippen LogP contribution >= 0.6 is 0 Å². The van der Waals surface area contributed by atoms with Crippen molar-refractivity contribution in [3.8, 4) is 17.1 Å². The summed E-state index contributed by atoms with van der Waals surface area (Å²) in [7, 11) is 1.56. The van der Waals surface area contributed by atoms with Gasteiger partial charge in [0, 0.05) is 17.7 Å². The maximum atomic E-state index is 13.3. The SMILES string of the molecule is COc1ccccc1-c1nc2ccccc2n1C(=O)c1ccc([N+](=O)[O-])cc1. The van der Waals surface area contributed by atoms with Gasteiger partial charge in [-0.2, -0.15) is 0 Å². The van der Waals surface area contributed by atoms with Crippen molar-refractivity contribution in [1.82, 2.24) is 9.55 Å². The molecule has 3 aromatic carbocycles. The summed E-state index contributed by atoms with van der Waals surface area (Å²) in [5.41, 5.74) is 2.24. The van der Waals surface area contributed by atoms with Crippen molar-refractivity contribution in [1.29, 1.82) is 0 Å². The summed E-state index contributed by atoms with van der Waals surface area (Å²) < 4.78 is 6.95. The third-order valence-corrected chi connectivity index (χ3v) is 4.44. The number of non-ortho nitro benzene ring substituents is 1. The normalized spacial score (nSPS) is 10.8. The summed E-state index contributed by atoms with van der Waals surface area (Å²) in [6.07, 6.45) is 0. The van der Waals surface area contributed by atoms with Gasteiger partial charge in [0.2, 0.25) is 0 Å². The van der Waals surface area contributed by atoms with Gasteiger partial charge in [0.15, 0.2) is 5.82 Å². The second kappa shape index (κ2) is 6.96. The van der Waals surface area contributed by atoms with E-state index in [2.05, 4.69) is 4.98 Å². The molecule has 0 bridgehead atoms. The summed E-state index contributed by atoms with van der Waals surface area (Å²) >= 11 is 0. The van der Waals surface area contributed by atoms with Gasteiger partial charge in [-0.25, -0.2) is 4.98 Å². The van der Waals surface area contributed by atoms with Gasteiger partial charge >= 0.3 is 0 Å². The van der Waals surface area contributed by atoms with E-state index in [-0.39, 0.29) is 11.6 Å². The Balaban J connectivity index is 1.92. The zero-order valence-corrected chi connectivity index (χ0v) is 14.9. The molecule has 0 atom stereocenters. The Bertz CT molecular complexity index is 1200. The van der Waals surface area contributed by atoms with Gasteiger partial charge < -0.3 is 4.74 Å². The minimum atomic E-state index is -0.499. The van der Waals surface area contributed by atoms with E-state index in [1.54, 1.807) is 13.2 Å². The van der Waals surface area contributed by atoms with Crippen LogP contribution in [0.2, 0.25) is 0 Å². The summed E-state index contributed by atoms with van der Waals surface area (Å²) in [6.45, 7) is 0. The van der Waals surface area contributed by atoms with Crippen LogP contribution in [0.4, 0.5) is 5.69 Å². The molecule has 0 amide bonds. The van der Waals surface area contributed by atoms with Gasteiger partial charge in [-0.05, 0) is 36.4 Å². The fraction of sp³-hybridized carbons (Fsp3) is 0.0476. The van der Waals surface area contributed by atoms with Crippen LogP contribution < -0.4 is 4.74 Å². The Morgan fingerprint density at radius 2 is 1.68 bits per heavy atom. The van der Waals surface area contributed by atoms with E-state index in [0.717, 1.165) is 0 Å². The van der Waals surface area contributed by atoms with Crippen molar-refractivity contribution in [2.45, 2.75) is 0 Å². The van der Waals surface area contributed by atoms with Crippen LogP contribution in [-0.2, 0) is 0 Å². The van der Waals surface area contributed by atoms with E-state index < -0.39 is 4.92 Å². The predicted octanol–water partition coefficient (Wildman–Crippen LogP) is 4.31. The molecule has 7 nitrogen and oxygen atoms in total. The number of ether oxygens (including phenoxy) is 1. The standard InChI is InChI=1S/C21H15N3O4/c1-28-19-9-5-2-6-16(19)20-22-17-7-3-4-8-18(17)23(20)21(25)14-10-12-15(13-11-14)24(26)27/h2-13H,1H3. The Kier molecular flexibility index (Phi) is 4.33. The molecule has 0 spiro atoms. The Morgan fingerprint density at radius 3 is 2.39 bits per heavy atom. The molecule has 0 radical (unpaired) electrons. The van der Waals surface area contributed by atoms with E-state index >= 15 is 0 Å². The second-order valence-corrected chi connectivity index (χ2v) is 6.07. The van der Waals surface area contributed by atoms with Crippen LogP contribution in [0, 0.1) is 10.1 Å². The average Bonchev–Trinajstić information content (AvgIpc) is 3.12. The molecule has 4 aromatic rings. The molecule has 0 saturated carbocycles. The van der Waals surface area contributed by atoms with Crippen LogP contribution in [0.15, 0.2) is 72.8 Å². The summed E-state index contributed by atoms with van der Waals surface area (Å²) in [4.78, 5) is 28.3. The third kappa shape index (κ3) is 2.88. The number of fused-ring (bicyclic) bond motifs is 1. The lowest BCUT2D eigenvalue weighted by atomic mass is 10.1. The number of nitro groups is 1. The third-order valence-electron chi connectivity index (χ3n) is 4.44. The molecule has 28 heavy (non-hydrogen) atoms. The number of nitrogens with zero attached hydrogens (tertiary/aromatic N) is 3. The smallest absolute Gasteiger partial charge is 0.269 e. The highest BCUT2D eigenvalue weighted by Gasteiger charge is 2.22. The van der Waals surface area contributed by atoms with E-state index in [9.17, 15) is 14.9 Å². The van der Waals surface area contributed by atoms with E-state index in [0.29, 0.717) is 33.7 Å². The Labute approximate surface area is 160 Å². The lowest BCUT2D eigenvalue weighted by molar-refractivity contribution is -0.384. The minimum Gasteiger partial charge on any atom is -0.496 e. The number of carbonyl (C=O) groups excluding carboxylic acids is 1. The number of imidazole rings is 1. The van der Waals surface area contributed by atoms with Crippen LogP contribution in [0.5, 0.6) is 5.75 Å². The molecule has 138 valence electrons. The van der Waals surface area contributed by atoms with Crippen molar-refractivity contribution in [2.75, 3.05) is 7.11 Å². The molecule has 0 saturated heterocycles. The highest BCUT2D eigenvalue weighted by molar-refractivity contribution is 6.04. The topological polar surface area (TPSA) is 87.3 Å². The minimum absolute atomic E-state index is 0.0722. The summed E-state index contributed by atoms with van der Waals surface area (Å²) in [5.74, 6) is 0.710. The molecule has 1 heterocycles. The van der Waals surface area contributed by atoms with Gasteiger partial charge in [-0.1, -0.05) is 24.3 Å². The highest BCUT2D eigenvalue weighted by atomic mass is 16.6. The molecular formula is C21H15N3O4. The number of carbonyl (C=O) groups is 1. The molecule has 4 rings (SSSR count). The number of methoxy groups -OCH3 is 1. The lowest BCUT2D eigenvalue weighted by Crippen LogP contribution is -2.13. The van der Waals surface area contributed by atoms with Crippen molar-refractivity contribution in [3.63, 3.8) is 0 Å². The average molecular weight is 373 g/mol. The van der Waals surface area contributed by atoms with Crippen LogP contribution in [0.3, 0.4) is 0 Å². The zero-order valence-electron chi connectivity index (χ0n) is 14.9. The van der Waals surface area contributed by atoms with Gasteiger partial charge in [0.25, 0.3) is 11.6 Å². The first kappa shape index (κ1) is 17.4. The molecule has 0 aliphatic rings. The van der Waals surface area contributed by atoms with Crippen molar-refractivity contribution in [3.05, 3.63) is 88.5 Å². The molecule has 0 aliphatic heterocycles. The number of hydrogen-bond donors (Lipinski definition) is 0. The van der Waals surface area contributed by atoms with E-state index in [1.807, 2.05) is 42.5 Å². The maximum absolute atomic E-state index is 13.3. The van der Waals surface area contributed by atoms with E-state index in [1.165, 1.54) is 28.8 Å². The van der Waals surface area contributed by atoms with Crippen LogP contribution in [0.25, 0.3) is 22.4 Å². The Hall–Kier alpha value is -4.00. The summed E-state index contributed by atoms with van der Waals surface area (Å²) in [6, 6.07) is 20.2. The molecule has 0 aliphatic carbocycles. The van der Waals surface area contributed by atoms with Crippen molar-refractivity contribution in [2.24, 2.45) is 0 Å². The first-order valence-corrected chi connectivity index (χ1v) is 8.50. The quantitative estimate of drug-likeness (QED) is 0.393. The second-order valence-electron chi connectivity index (χ2n) is 6.07. The number of nitro benzene ring substituents is 1. The van der Waals surface area contributed by atoms with Gasteiger partial charge in [-0.3, -0.25) is 19.5 Å². The molecule has 7 heteroatoms.